The number of benzene rings is 1. The Labute approximate surface area is 194 Å². The highest BCUT2D eigenvalue weighted by molar-refractivity contribution is 6.09. The number of pyridine rings is 1. The van der Waals surface area contributed by atoms with Gasteiger partial charge < -0.3 is 20.5 Å². The number of halogens is 1. The van der Waals surface area contributed by atoms with Crippen LogP contribution in [-0.2, 0) is 0 Å². The summed E-state index contributed by atoms with van der Waals surface area (Å²) in [5.74, 6) is 0.115. The molecule has 3 N–H and O–H groups in total. The first-order chi connectivity index (χ1) is 16.5. The molecule has 2 fully saturated rings. The van der Waals surface area contributed by atoms with E-state index in [2.05, 4.69) is 25.5 Å². The predicted molar refractivity (Wildman–Crippen MR) is 125 cm³/mol. The lowest BCUT2D eigenvalue weighted by Crippen LogP contribution is -2.26. The molecule has 1 aliphatic heterocycles. The molecule has 0 radical (unpaired) electrons. The molecule has 34 heavy (non-hydrogen) atoms. The molecule has 1 saturated heterocycles. The first kappa shape index (κ1) is 20.8. The van der Waals surface area contributed by atoms with Gasteiger partial charge in [-0.3, -0.25) is 4.79 Å². The van der Waals surface area contributed by atoms with E-state index in [9.17, 15) is 9.18 Å². The van der Waals surface area contributed by atoms with Crippen LogP contribution in [0.4, 0.5) is 15.8 Å². The van der Waals surface area contributed by atoms with Crippen molar-refractivity contribution in [2.45, 2.75) is 37.9 Å². The van der Waals surface area contributed by atoms with E-state index in [-0.39, 0.29) is 17.9 Å². The number of hydrogen-bond donors (Lipinski definition) is 2. The first-order valence-electron chi connectivity index (χ1n) is 11.3. The Kier molecular flexibility index (Phi) is 4.84. The van der Waals surface area contributed by atoms with Gasteiger partial charge in [0.05, 0.1) is 23.2 Å². The van der Waals surface area contributed by atoms with Crippen molar-refractivity contribution in [2.24, 2.45) is 5.73 Å². The lowest BCUT2D eigenvalue weighted by Gasteiger charge is -2.18. The molecule has 9 nitrogen and oxygen atoms in total. The summed E-state index contributed by atoms with van der Waals surface area (Å²) in [6, 6.07) is 9.64. The van der Waals surface area contributed by atoms with Crippen molar-refractivity contribution < 1.29 is 13.7 Å². The molecule has 2 aliphatic rings. The van der Waals surface area contributed by atoms with Crippen LogP contribution in [0, 0.1) is 6.92 Å². The van der Waals surface area contributed by atoms with E-state index < -0.39 is 6.17 Å². The van der Waals surface area contributed by atoms with E-state index in [4.69, 9.17) is 10.3 Å². The van der Waals surface area contributed by atoms with E-state index in [1.807, 2.05) is 37.4 Å². The summed E-state index contributed by atoms with van der Waals surface area (Å²) in [5, 5.41) is 11.3. The molecule has 10 heteroatoms. The number of rotatable bonds is 5. The molecule has 0 spiro atoms. The second kappa shape index (κ2) is 7.91. The number of aromatic nitrogens is 4. The Hall–Kier alpha value is -3.79. The molecule has 4 aromatic rings. The summed E-state index contributed by atoms with van der Waals surface area (Å²) < 4.78 is 20.2. The van der Waals surface area contributed by atoms with Gasteiger partial charge in [-0.25, -0.2) is 8.91 Å². The Morgan fingerprint density at radius 2 is 2.15 bits per heavy atom. The van der Waals surface area contributed by atoms with Gasteiger partial charge in [-0.2, -0.15) is 10.1 Å². The highest BCUT2D eigenvalue weighted by atomic mass is 19.1. The van der Waals surface area contributed by atoms with Crippen molar-refractivity contribution >= 4 is 22.8 Å². The molecule has 1 amide bonds. The number of hydrogen-bond acceptors (Lipinski definition) is 7. The smallest absolute Gasteiger partial charge is 0.259 e. The fourth-order valence-corrected chi connectivity index (χ4v) is 4.37. The van der Waals surface area contributed by atoms with Gasteiger partial charge in [-0.1, -0.05) is 17.3 Å². The molecule has 0 bridgehead atoms. The number of carbonyl (C=O) groups is 1. The van der Waals surface area contributed by atoms with Crippen LogP contribution in [0.1, 0.15) is 40.6 Å². The minimum absolute atomic E-state index is 0.164. The van der Waals surface area contributed by atoms with Crippen LogP contribution in [0.15, 0.2) is 47.2 Å². The van der Waals surface area contributed by atoms with Crippen LogP contribution >= 0.6 is 0 Å². The average molecular weight is 462 g/mol. The van der Waals surface area contributed by atoms with Crippen LogP contribution < -0.4 is 16.0 Å². The van der Waals surface area contributed by atoms with Gasteiger partial charge in [-0.15, -0.1) is 0 Å². The number of nitrogens with zero attached hydrogens (tertiary/aromatic N) is 5. The maximum atomic E-state index is 13.3. The highest BCUT2D eigenvalue weighted by Crippen LogP contribution is 2.43. The number of fused-ring (bicyclic) bond motifs is 1. The quantitative estimate of drug-likeness (QED) is 0.469. The molecule has 1 aliphatic carbocycles. The molecule has 6 rings (SSSR count). The van der Waals surface area contributed by atoms with E-state index in [0.717, 1.165) is 36.3 Å². The minimum Gasteiger partial charge on any atom is -0.370 e. The van der Waals surface area contributed by atoms with Crippen LogP contribution in [-0.4, -0.2) is 51.0 Å². The molecule has 0 unspecified atom stereocenters. The summed E-state index contributed by atoms with van der Waals surface area (Å²) >= 11 is 0. The Morgan fingerprint density at radius 3 is 2.91 bits per heavy atom. The molecule has 174 valence electrons. The summed E-state index contributed by atoms with van der Waals surface area (Å²) in [6.07, 6.45) is 3.88. The fraction of sp³-hybridized carbons (Fsp3) is 0.333. The normalized spacial score (nSPS) is 21.9. The summed E-state index contributed by atoms with van der Waals surface area (Å²) in [4.78, 5) is 19.8. The zero-order valence-corrected chi connectivity index (χ0v) is 18.6. The SMILES string of the molecule is Cc1ccc(-c2noc([C@H]3C[C@@H]3F)n2)cc1NC(=O)c1cnn2ccc(N3CC[C@H](N)C3)cc12. The number of amides is 1. The third-order valence-corrected chi connectivity index (χ3v) is 6.56. The molecular formula is C24H24FN7O2. The van der Waals surface area contributed by atoms with Gasteiger partial charge in [0, 0.05) is 42.3 Å². The summed E-state index contributed by atoms with van der Waals surface area (Å²) in [6.45, 7) is 3.59. The number of nitrogens with two attached hydrogens (primary N) is 1. The molecule has 1 saturated carbocycles. The molecule has 3 aromatic heterocycles. The van der Waals surface area contributed by atoms with Crippen molar-refractivity contribution in [3.8, 4) is 11.4 Å². The molecule has 3 atom stereocenters. The zero-order valence-electron chi connectivity index (χ0n) is 18.6. The second-order valence-corrected chi connectivity index (χ2v) is 9.07. The van der Waals surface area contributed by atoms with Gasteiger partial charge in [0.2, 0.25) is 11.7 Å². The van der Waals surface area contributed by atoms with E-state index >= 15 is 0 Å². The third-order valence-electron chi connectivity index (χ3n) is 6.56. The number of anilines is 2. The van der Waals surface area contributed by atoms with E-state index in [0.29, 0.717) is 35.0 Å². The van der Waals surface area contributed by atoms with Gasteiger partial charge >= 0.3 is 0 Å². The van der Waals surface area contributed by atoms with Crippen molar-refractivity contribution in [2.75, 3.05) is 23.3 Å². The average Bonchev–Trinajstić information content (AvgIpc) is 3.25. The maximum Gasteiger partial charge on any atom is 0.259 e. The lowest BCUT2D eigenvalue weighted by molar-refractivity contribution is 0.102. The summed E-state index contributed by atoms with van der Waals surface area (Å²) in [7, 11) is 0. The zero-order chi connectivity index (χ0) is 23.4. The van der Waals surface area contributed by atoms with Crippen LogP contribution in [0.3, 0.4) is 0 Å². The van der Waals surface area contributed by atoms with E-state index in [1.165, 1.54) is 0 Å². The van der Waals surface area contributed by atoms with Gasteiger partial charge in [0.25, 0.3) is 5.91 Å². The van der Waals surface area contributed by atoms with Gasteiger partial charge in [0.15, 0.2) is 0 Å². The second-order valence-electron chi connectivity index (χ2n) is 9.07. The molecule has 4 heterocycles. The monoisotopic (exact) mass is 461 g/mol. The number of alkyl halides is 1. The largest absolute Gasteiger partial charge is 0.370 e. The molecule has 1 aromatic carbocycles. The van der Waals surface area contributed by atoms with Crippen LogP contribution in [0.2, 0.25) is 0 Å². The third kappa shape index (κ3) is 3.69. The standard InChI is InChI=1S/C24H24FN7O2/c1-13-2-3-14(22-29-24(34-30-22)17-10-19(17)25)8-20(13)28-23(33)18-11-27-32-7-5-16(9-21(18)32)31-6-4-15(26)12-31/h2-3,5,7-9,11,15,17,19H,4,6,10,12,26H2,1H3,(H,28,33)/t15-,17-,19-/m0/s1. The molecular weight excluding hydrogens is 437 g/mol. The highest BCUT2D eigenvalue weighted by Gasteiger charge is 2.43. The number of carbonyl (C=O) groups excluding carboxylic acids is 1. The topological polar surface area (TPSA) is 115 Å². The van der Waals surface area contributed by atoms with Gasteiger partial charge in [-0.05, 0) is 43.5 Å². The Morgan fingerprint density at radius 1 is 1.29 bits per heavy atom. The Bertz CT molecular complexity index is 1400. The van der Waals surface area contributed by atoms with Crippen molar-refractivity contribution in [3.05, 3.63) is 59.7 Å². The predicted octanol–water partition coefficient (Wildman–Crippen LogP) is 3.31. The number of aryl methyl sites for hydroxylation is 1. The first-order valence-corrected chi connectivity index (χ1v) is 11.3. The van der Waals surface area contributed by atoms with Crippen LogP contribution in [0.5, 0.6) is 0 Å². The lowest BCUT2D eigenvalue weighted by atomic mass is 10.1. The maximum absolute atomic E-state index is 13.3. The van der Waals surface area contributed by atoms with Crippen LogP contribution in [0.25, 0.3) is 16.9 Å². The Balaban J connectivity index is 1.26. The summed E-state index contributed by atoms with van der Waals surface area (Å²) in [5.41, 5.74) is 10.5. The minimum atomic E-state index is -0.908. The van der Waals surface area contributed by atoms with E-state index in [1.54, 1.807) is 16.8 Å². The number of nitrogens with one attached hydrogen (secondary N) is 1. The van der Waals surface area contributed by atoms with Crippen molar-refractivity contribution in [1.82, 2.24) is 19.8 Å². The van der Waals surface area contributed by atoms with Crippen molar-refractivity contribution in [3.63, 3.8) is 0 Å². The van der Waals surface area contributed by atoms with Gasteiger partial charge in [0.1, 0.15) is 6.17 Å². The van der Waals surface area contributed by atoms with Crippen molar-refractivity contribution in [1.29, 1.82) is 0 Å². The fourth-order valence-electron chi connectivity index (χ4n) is 4.37.